The van der Waals surface area contributed by atoms with Crippen LogP contribution in [0.15, 0.2) is 36.8 Å². The van der Waals surface area contributed by atoms with Crippen molar-refractivity contribution in [3.05, 3.63) is 48.0 Å². The number of aliphatic hydroxyl groups excluding tert-OH is 1. The largest absolute Gasteiger partial charge is 0.394 e. The van der Waals surface area contributed by atoms with Crippen LogP contribution in [0, 0.1) is 6.92 Å². The van der Waals surface area contributed by atoms with E-state index in [2.05, 4.69) is 36.3 Å². The Morgan fingerprint density at radius 2 is 2.28 bits per heavy atom. The van der Waals surface area contributed by atoms with Gasteiger partial charge >= 0.3 is 0 Å². The topological polar surface area (TPSA) is 50.1 Å². The molecule has 2 N–H and O–H groups in total. The van der Waals surface area contributed by atoms with Crippen LogP contribution in [0.2, 0.25) is 0 Å². The van der Waals surface area contributed by atoms with Crippen molar-refractivity contribution in [1.29, 1.82) is 0 Å². The van der Waals surface area contributed by atoms with Gasteiger partial charge in [0.15, 0.2) is 0 Å². The fourth-order valence-corrected chi connectivity index (χ4v) is 2.03. The van der Waals surface area contributed by atoms with Gasteiger partial charge in [-0.15, -0.1) is 0 Å². The highest BCUT2D eigenvalue weighted by atomic mass is 16.3. The van der Waals surface area contributed by atoms with Gasteiger partial charge in [-0.3, -0.25) is 0 Å². The lowest BCUT2D eigenvalue weighted by Crippen LogP contribution is -2.18. The molecule has 4 nitrogen and oxygen atoms in total. The summed E-state index contributed by atoms with van der Waals surface area (Å²) in [6.07, 6.45) is 3.59. The monoisotopic (exact) mass is 245 g/mol. The number of imidazole rings is 1. The Morgan fingerprint density at radius 1 is 1.44 bits per heavy atom. The van der Waals surface area contributed by atoms with Gasteiger partial charge < -0.3 is 15.0 Å². The normalized spacial score (nSPS) is 12.4. The van der Waals surface area contributed by atoms with E-state index in [0.29, 0.717) is 0 Å². The van der Waals surface area contributed by atoms with Crippen LogP contribution >= 0.6 is 0 Å². The van der Waals surface area contributed by atoms with Gasteiger partial charge in [0.2, 0.25) is 0 Å². The fourth-order valence-electron chi connectivity index (χ4n) is 2.03. The van der Waals surface area contributed by atoms with Crippen molar-refractivity contribution < 1.29 is 5.11 Å². The van der Waals surface area contributed by atoms with Crippen molar-refractivity contribution in [2.24, 2.45) is 0 Å². The first-order valence-electron chi connectivity index (χ1n) is 6.18. The minimum Gasteiger partial charge on any atom is -0.394 e. The summed E-state index contributed by atoms with van der Waals surface area (Å²) < 4.78 is 2.03. The van der Waals surface area contributed by atoms with Gasteiger partial charge in [-0.1, -0.05) is 12.1 Å². The number of aryl methyl sites for hydroxylation is 2. The lowest BCUT2D eigenvalue weighted by Gasteiger charge is -2.19. The minimum atomic E-state index is -0.130. The van der Waals surface area contributed by atoms with Crippen molar-refractivity contribution in [2.75, 3.05) is 11.9 Å². The maximum atomic E-state index is 9.54. The number of aliphatic hydroxyl groups is 1. The predicted molar refractivity (Wildman–Crippen MR) is 72.5 cm³/mol. The summed E-state index contributed by atoms with van der Waals surface area (Å²) in [6.45, 7) is 5.00. The fraction of sp³-hybridized carbons (Fsp3) is 0.357. The van der Waals surface area contributed by atoms with Gasteiger partial charge in [0.25, 0.3) is 0 Å². The third-order valence-electron chi connectivity index (χ3n) is 2.98. The quantitative estimate of drug-likeness (QED) is 0.850. The van der Waals surface area contributed by atoms with Gasteiger partial charge in [-0.25, -0.2) is 4.98 Å². The van der Waals surface area contributed by atoms with E-state index in [1.807, 2.05) is 16.7 Å². The highest BCUT2D eigenvalue weighted by Gasteiger charge is 2.14. The van der Waals surface area contributed by atoms with Crippen molar-refractivity contribution in [2.45, 2.75) is 26.4 Å². The van der Waals surface area contributed by atoms with Gasteiger partial charge in [0, 0.05) is 12.2 Å². The average molecular weight is 245 g/mol. The number of nitrogens with one attached hydrogen (secondary N) is 1. The van der Waals surface area contributed by atoms with Crippen LogP contribution in [0.25, 0.3) is 0 Å². The molecule has 0 radical (unpaired) electrons. The van der Waals surface area contributed by atoms with Crippen LogP contribution in [-0.2, 0) is 6.54 Å². The molecule has 1 unspecified atom stereocenters. The molecule has 0 aliphatic rings. The molecule has 0 saturated carbocycles. The summed E-state index contributed by atoms with van der Waals surface area (Å²) in [5.41, 5.74) is 3.21. The molecule has 1 heterocycles. The van der Waals surface area contributed by atoms with Crippen LogP contribution in [0.5, 0.6) is 0 Å². The predicted octanol–water partition coefficient (Wildman–Crippen LogP) is 2.36. The van der Waals surface area contributed by atoms with E-state index >= 15 is 0 Å². The summed E-state index contributed by atoms with van der Waals surface area (Å²) in [7, 11) is 0. The maximum absolute atomic E-state index is 9.54. The SMILES string of the molecule is CCn1cncc1C(CO)Nc1cccc(C)c1. The molecule has 4 heteroatoms. The maximum Gasteiger partial charge on any atom is 0.0948 e. The highest BCUT2D eigenvalue weighted by molar-refractivity contribution is 5.47. The number of benzene rings is 1. The van der Waals surface area contributed by atoms with Crippen molar-refractivity contribution in [3.63, 3.8) is 0 Å². The van der Waals surface area contributed by atoms with Crippen molar-refractivity contribution in [1.82, 2.24) is 9.55 Å². The van der Waals surface area contributed by atoms with E-state index in [9.17, 15) is 5.11 Å². The average Bonchev–Trinajstić information content (AvgIpc) is 2.84. The number of hydrogen-bond donors (Lipinski definition) is 2. The molecule has 1 atom stereocenters. The summed E-state index contributed by atoms with van der Waals surface area (Å²) in [4.78, 5) is 4.13. The Balaban J connectivity index is 2.20. The Kier molecular flexibility index (Phi) is 3.99. The zero-order chi connectivity index (χ0) is 13.0. The van der Waals surface area contributed by atoms with Gasteiger partial charge in [-0.2, -0.15) is 0 Å². The molecule has 1 aromatic heterocycles. The lowest BCUT2D eigenvalue weighted by atomic mass is 10.2. The minimum absolute atomic E-state index is 0.0413. The number of rotatable bonds is 5. The summed E-state index contributed by atoms with van der Waals surface area (Å²) in [6, 6.07) is 7.99. The molecule has 96 valence electrons. The second-order valence-corrected chi connectivity index (χ2v) is 4.35. The molecule has 18 heavy (non-hydrogen) atoms. The smallest absolute Gasteiger partial charge is 0.0948 e. The van der Waals surface area contributed by atoms with E-state index in [1.54, 1.807) is 12.5 Å². The molecule has 0 aliphatic carbocycles. The van der Waals surface area contributed by atoms with E-state index in [4.69, 9.17) is 0 Å². The highest BCUT2D eigenvalue weighted by Crippen LogP contribution is 2.19. The van der Waals surface area contributed by atoms with Crippen LogP contribution in [0.4, 0.5) is 5.69 Å². The van der Waals surface area contributed by atoms with E-state index in [0.717, 1.165) is 17.9 Å². The molecule has 0 spiro atoms. The summed E-state index contributed by atoms with van der Waals surface area (Å²) in [5, 5.41) is 12.9. The molecule has 2 aromatic rings. The molecule has 1 aromatic carbocycles. The van der Waals surface area contributed by atoms with Crippen molar-refractivity contribution in [3.8, 4) is 0 Å². The third kappa shape index (κ3) is 2.71. The number of nitrogens with zero attached hydrogens (tertiary/aromatic N) is 2. The molecule has 0 fully saturated rings. The number of anilines is 1. The Labute approximate surface area is 107 Å². The second kappa shape index (κ2) is 5.69. The number of hydrogen-bond acceptors (Lipinski definition) is 3. The first kappa shape index (κ1) is 12.6. The Morgan fingerprint density at radius 3 is 2.94 bits per heavy atom. The first-order valence-corrected chi connectivity index (χ1v) is 6.18. The lowest BCUT2D eigenvalue weighted by molar-refractivity contribution is 0.272. The molecular formula is C14H19N3O. The summed E-state index contributed by atoms with van der Waals surface area (Å²) in [5.74, 6) is 0. The zero-order valence-corrected chi connectivity index (χ0v) is 10.8. The van der Waals surface area contributed by atoms with E-state index < -0.39 is 0 Å². The molecule has 0 aliphatic heterocycles. The number of aromatic nitrogens is 2. The molecule has 2 rings (SSSR count). The summed E-state index contributed by atoms with van der Waals surface area (Å²) >= 11 is 0. The van der Waals surface area contributed by atoms with Crippen LogP contribution in [0.3, 0.4) is 0 Å². The first-order chi connectivity index (χ1) is 8.74. The third-order valence-corrected chi connectivity index (χ3v) is 2.98. The van der Waals surface area contributed by atoms with Gasteiger partial charge in [-0.05, 0) is 31.5 Å². The molecular weight excluding hydrogens is 226 g/mol. The van der Waals surface area contributed by atoms with E-state index in [1.165, 1.54) is 5.56 Å². The Hall–Kier alpha value is -1.81. The van der Waals surface area contributed by atoms with Crippen molar-refractivity contribution >= 4 is 5.69 Å². The van der Waals surface area contributed by atoms with Crippen LogP contribution in [-0.4, -0.2) is 21.3 Å². The molecule has 0 bridgehead atoms. The Bertz CT molecular complexity index is 507. The zero-order valence-electron chi connectivity index (χ0n) is 10.8. The standard InChI is InChI=1S/C14H19N3O/c1-3-17-10-15-8-14(17)13(9-18)16-12-6-4-5-11(2)7-12/h4-8,10,13,16,18H,3,9H2,1-2H3. The van der Waals surface area contributed by atoms with Crippen LogP contribution in [0.1, 0.15) is 24.2 Å². The molecule has 0 saturated heterocycles. The molecule has 0 amide bonds. The van der Waals surface area contributed by atoms with E-state index in [-0.39, 0.29) is 12.6 Å². The second-order valence-electron chi connectivity index (χ2n) is 4.35. The van der Waals surface area contributed by atoms with Crippen LogP contribution < -0.4 is 5.32 Å². The van der Waals surface area contributed by atoms with Gasteiger partial charge in [0.1, 0.15) is 0 Å². The van der Waals surface area contributed by atoms with Gasteiger partial charge in [0.05, 0.1) is 30.9 Å².